The molecule has 1 aliphatic rings. The molecule has 1 aliphatic heterocycles. The molecule has 4 heterocycles. The Morgan fingerprint density at radius 2 is 1.88 bits per heavy atom. The molecular formula is C23H17N3O5S2. The van der Waals surface area contributed by atoms with E-state index in [-0.39, 0.29) is 16.5 Å². The topological polar surface area (TPSA) is 110 Å². The molecule has 0 unspecified atom stereocenters. The average molecular weight is 480 g/mol. The van der Waals surface area contributed by atoms with Crippen molar-refractivity contribution >= 4 is 39.9 Å². The third kappa shape index (κ3) is 3.98. The minimum Gasteiger partial charge on any atom is -0.503 e. The van der Waals surface area contributed by atoms with Crippen molar-refractivity contribution in [2.75, 3.05) is 4.90 Å². The van der Waals surface area contributed by atoms with E-state index in [1.807, 2.05) is 19.1 Å². The monoisotopic (exact) mass is 479 g/mol. The quantitative estimate of drug-likeness (QED) is 0.221. The fourth-order valence-corrected chi connectivity index (χ4v) is 5.30. The fraction of sp³-hybridized carbons (Fsp3) is 0.130. The maximum Gasteiger partial charge on any atom is 0.296 e. The highest BCUT2D eigenvalue weighted by molar-refractivity contribution is 8.00. The molecule has 0 fully saturated rings. The third-order valence-corrected chi connectivity index (χ3v) is 7.22. The zero-order valence-corrected chi connectivity index (χ0v) is 18.9. The lowest BCUT2D eigenvalue weighted by Gasteiger charge is -2.21. The van der Waals surface area contributed by atoms with Gasteiger partial charge in [0.15, 0.2) is 15.9 Å². The molecule has 0 radical (unpaired) electrons. The van der Waals surface area contributed by atoms with E-state index in [1.165, 1.54) is 52.2 Å². The largest absolute Gasteiger partial charge is 0.503 e. The lowest BCUT2D eigenvalue weighted by atomic mass is 10.00. The van der Waals surface area contributed by atoms with Crippen molar-refractivity contribution in [2.24, 2.45) is 0 Å². The zero-order valence-electron chi connectivity index (χ0n) is 17.3. The van der Waals surface area contributed by atoms with Gasteiger partial charge in [-0.05, 0) is 36.8 Å². The number of aryl methyl sites for hydroxylation is 1. The average Bonchev–Trinajstić information content (AvgIpc) is 3.62. The summed E-state index contributed by atoms with van der Waals surface area (Å²) in [6, 6.07) is 13.5. The van der Waals surface area contributed by atoms with E-state index in [9.17, 15) is 14.7 Å². The second-order valence-corrected chi connectivity index (χ2v) is 9.47. The number of hydrogen-bond donors (Lipinski definition) is 1. The molecule has 33 heavy (non-hydrogen) atoms. The van der Waals surface area contributed by atoms with Gasteiger partial charge in [0.2, 0.25) is 10.9 Å². The number of nitrogens with zero attached hydrogens (tertiary/aromatic N) is 3. The van der Waals surface area contributed by atoms with Crippen molar-refractivity contribution in [2.45, 2.75) is 23.1 Å². The Morgan fingerprint density at radius 3 is 2.58 bits per heavy atom. The van der Waals surface area contributed by atoms with E-state index in [1.54, 1.807) is 18.2 Å². The lowest BCUT2D eigenvalue weighted by Crippen LogP contribution is -2.30. The van der Waals surface area contributed by atoms with Gasteiger partial charge >= 0.3 is 0 Å². The number of aliphatic hydroxyl groups excluding tert-OH is 1. The molecule has 0 spiro atoms. The van der Waals surface area contributed by atoms with Crippen LogP contribution < -0.4 is 4.90 Å². The molecule has 8 nitrogen and oxygen atoms in total. The van der Waals surface area contributed by atoms with Crippen LogP contribution in [0.5, 0.6) is 0 Å². The van der Waals surface area contributed by atoms with Crippen LogP contribution in [0, 0.1) is 6.92 Å². The molecule has 0 saturated carbocycles. The van der Waals surface area contributed by atoms with Gasteiger partial charge in [0.05, 0.1) is 18.1 Å². The summed E-state index contributed by atoms with van der Waals surface area (Å²) >= 11 is 2.69. The molecule has 10 heteroatoms. The Labute approximate surface area is 196 Å². The molecule has 3 aromatic heterocycles. The summed E-state index contributed by atoms with van der Waals surface area (Å²) in [5, 5.41) is 19.3. The number of ketones is 1. The minimum atomic E-state index is -0.993. The summed E-state index contributed by atoms with van der Waals surface area (Å²) in [6.07, 6.45) is 2.79. The maximum absolute atomic E-state index is 13.1. The Bertz CT molecular complexity index is 1320. The Kier molecular flexibility index (Phi) is 5.61. The van der Waals surface area contributed by atoms with Crippen LogP contribution in [0.4, 0.5) is 5.13 Å². The van der Waals surface area contributed by atoms with Crippen LogP contribution in [0.1, 0.15) is 33.5 Å². The number of carbonyl (C=O) groups is 2. The number of rotatable bonds is 7. The summed E-state index contributed by atoms with van der Waals surface area (Å²) in [4.78, 5) is 27.3. The van der Waals surface area contributed by atoms with E-state index in [4.69, 9.17) is 8.83 Å². The van der Waals surface area contributed by atoms with Crippen molar-refractivity contribution in [3.63, 3.8) is 0 Å². The van der Waals surface area contributed by atoms with Crippen LogP contribution in [0.2, 0.25) is 0 Å². The fourth-order valence-electron chi connectivity index (χ4n) is 3.48. The number of hydrogen-bond acceptors (Lipinski definition) is 9. The van der Waals surface area contributed by atoms with Crippen LogP contribution in [0.3, 0.4) is 0 Å². The van der Waals surface area contributed by atoms with Crippen molar-refractivity contribution < 1.29 is 23.5 Å². The summed E-state index contributed by atoms with van der Waals surface area (Å²) in [6.45, 7) is 2.03. The Morgan fingerprint density at radius 1 is 1.12 bits per heavy atom. The normalized spacial score (nSPS) is 16.1. The third-order valence-electron chi connectivity index (χ3n) is 5.10. The van der Waals surface area contributed by atoms with Gasteiger partial charge in [0.1, 0.15) is 11.8 Å². The molecular weight excluding hydrogens is 462 g/mol. The number of aromatic nitrogens is 2. The lowest BCUT2D eigenvalue weighted by molar-refractivity contribution is -0.117. The van der Waals surface area contributed by atoms with Gasteiger partial charge in [-0.15, -0.1) is 10.2 Å². The van der Waals surface area contributed by atoms with Gasteiger partial charge < -0.3 is 13.9 Å². The highest BCUT2D eigenvalue weighted by Gasteiger charge is 2.48. The highest BCUT2D eigenvalue weighted by atomic mass is 32.2. The molecule has 1 aromatic carbocycles. The molecule has 1 amide bonds. The van der Waals surface area contributed by atoms with Crippen LogP contribution >= 0.6 is 23.1 Å². The second-order valence-electron chi connectivity index (χ2n) is 7.29. The van der Waals surface area contributed by atoms with Crippen LogP contribution in [0.25, 0.3) is 0 Å². The highest BCUT2D eigenvalue weighted by Crippen LogP contribution is 2.44. The van der Waals surface area contributed by atoms with Gasteiger partial charge in [-0.25, -0.2) is 0 Å². The van der Waals surface area contributed by atoms with Gasteiger partial charge in [0.25, 0.3) is 5.91 Å². The second kappa shape index (κ2) is 8.72. The van der Waals surface area contributed by atoms with Crippen LogP contribution in [-0.2, 0) is 10.5 Å². The predicted molar refractivity (Wildman–Crippen MR) is 122 cm³/mol. The summed E-state index contributed by atoms with van der Waals surface area (Å²) in [7, 11) is 0. The number of Topliss-reactive ketones (excluding diaryl/α,β-unsaturated/α-hetero) is 1. The van der Waals surface area contributed by atoms with Gasteiger partial charge in [-0.3, -0.25) is 14.5 Å². The molecule has 0 bridgehead atoms. The number of thioether (sulfide) groups is 1. The molecule has 166 valence electrons. The predicted octanol–water partition coefficient (Wildman–Crippen LogP) is 5.11. The molecule has 0 aliphatic carbocycles. The molecule has 1 atom stereocenters. The first-order valence-electron chi connectivity index (χ1n) is 9.93. The number of carbonyl (C=O) groups excluding carboxylic acids is 2. The van der Waals surface area contributed by atoms with Crippen molar-refractivity contribution in [3.8, 4) is 0 Å². The van der Waals surface area contributed by atoms with Crippen LogP contribution in [0.15, 0.2) is 85.6 Å². The van der Waals surface area contributed by atoms with Crippen molar-refractivity contribution in [1.82, 2.24) is 10.2 Å². The Balaban J connectivity index is 1.44. The molecule has 4 aromatic rings. The van der Waals surface area contributed by atoms with Gasteiger partial charge in [0, 0.05) is 5.75 Å². The molecule has 5 rings (SSSR count). The number of amides is 1. The SMILES string of the molecule is Cc1ccc(CSc2nnc(N3C(=O)C(O)=C(C(=O)c4ccco4)[C@H]3c3ccco3)s2)cc1. The first-order chi connectivity index (χ1) is 16.0. The van der Waals surface area contributed by atoms with Crippen molar-refractivity contribution in [1.29, 1.82) is 0 Å². The van der Waals surface area contributed by atoms with E-state index >= 15 is 0 Å². The first-order valence-corrected chi connectivity index (χ1v) is 11.7. The van der Waals surface area contributed by atoms with E-state index in [2.05, 4.69) is 22.3 Å². The summed E-state index contributed by atoms with van der Waals surface area (Å²) in [5.41, 5.74) is 2.19. The van der Waals surface area contributed by atoms with Gasteiger partial charge in [-0.1, -0.05) is 52.9 Å². The minimum absolute atomic E-state index is 0.00867. The van der Waals surface area contributed by atoms with E-state index < -0.39 is 23.5 Å². The first kappa shape index (κ1) is 21.2. The summed E-state index contributed by atoms with van der Waals surface area (Å²) in [5.74, 6) is -1.01. The van der Waals surface area contributed by atoms with Crippen LogP contribution in [-0.4, -0.2) is 27.0 Å². The van der Waals surface area contributed by atoms with Gasteiger partial charge in [-0.2, -0.15) is 0 Å². The zero-order chi connectivity index (χ0) is 22.9. The Hall–Kier alpha value is -3.63. The number of anilines is 1. The summed E-state index contributed by atoms with van der Waals surface area (Å²) < 4.78 is 11.4. The maximum atomic E-state index is 13.1. The van der Waals surface area contributed by atoms with E-state index in [0.29, 0.717) is 15.9 Å². The number of furan rings is 2. The van der Waals surface area contributed by atoms with E-state index in [0.717, 1.165) is 5.56 Å². The standard InChI is InChI=1S/C23H17N3O5S2/c1-13-6-8-14(9-7-13)12-32-23-25-24-22(33-23)26-18(15-4-2-10-30-15)17(20(28)21(26)29)19(27)16-5-3-11-31-16/h2-11,18,28H,12H2,1H3/t18-/m1/s1. The molecule has 1 N–H and O–H groups in total. The number of benzene rings is 1. The molecule has 0 saturated heterocycles. The smallest absolute Gasteiger partial charge is 0.296 e. The van der Waals surface area contributed by atoms with Crippen molar-refractivity contribution in [3.05, 3.63) is 95.0 Å². The number of aliphatic hydroxyl groups is 1.